The Morgan fingerprint density at radius 2 is 2.10 bits per heavy atom. The first-order valence-electron chi connectivity index (χ1n) is 6.51. The molecule has 7 heteroatoms. The fraction of sp³-hybridized carbons (Fsp3) is 0.429. The lowest BCUT2D eigenvalue weighted by Crippen LogP contribution is -2.42. The highest BCUT2D eigenvalue weighted by atomic mass is 35.5. The molecular formula is C14H19ClN2O4. The van der Waals surface area contributed by atoms with Crippen LogP contribution < -0.4 is 10.1 Å². The van der Waals surface area contributed by atoms with Crippen molar-refractivity contribution in [2.75, 3.05) is 26.7 Å². The van der Waals surface area contributed by atoms with Crippen molar-refractivity contribution in [3.8, 4) is 5.75 Å². The number of amides is 2. The Hall–Kier alpha value is -1.95. The summed E-state index contributed by atoms with van der Waals surface area (Å²) in [6.07, 6.45) is 0. The minimum Gasteiger partial charge on any atom is -0.490 e. The summed E-state index contributed by atoms with van der Waals surface area (Å²) in [7, 11) is 1.55. The highest BCUT2D eigenvalue weighted by Gasteiger charge is 2.16. The number of benzene rings is 1. The van der Waals surface area contributed by atoms with Gasteiger partial charge in [0.1, 0.15) is 12.4 Å². The van der Waals surface area contributed by atoms with Crippen molar-refractivity contribution in [3.63, 3.8) is 0 Å². The molecule has 1 aromatic carbocycles. The third-order valence-corrected chi connectivity index (χ3v) is 3.10. The number of rotatable bonds is 7. The van der Waals surface area contributed by atoms with E-state index in [1.54, 1.807) is 38.2 Å². The van der Waals surface area contributed by atoms with Gasteiger partial charge in [-0.05, 0) is 12.1 Å². The molecule has 0 bridgehead atoms. The van der Waals surface area contributed by atoms with Crippen LogP contribution in [0.4, 0.5) is 4.79 Å². The van der Waals surface area contributed by atoms with Gasteiger partial charge in [-0.2, -0.15) is 0 Å². The molecule has 1 rings (SSSR count). The summed E-state index contributed by atoms with van der Waals surface area (Å²) in [5.41, 5.74) is 0. The number of hydrogen-bond donors (Lipinski definition) is 2. The van der Waals surface area contributed by atoms with Gasteiger partial charge in [0.2, 0.25) is 0 Å². The van der Waals surface area contributed by atoms with Crippen LogP contribution in [0.25, 0.3) is 0 Å². The zero-order chi connectivity index (χ0) is 15.8. The number of aliphatic carboxylic acids is 1. The molecule has 6 nitrogen and oxygen atoms in total. The minimum absolute atomic E-state index is 0.145. The van der Waals surface area contributed by atoms with E-state index in [4.69, 9.17) is 21.4 Å². The third kappa shape index (κ3) is 5.91. The van der Waals surface area contributed by atoms with Crippen molar-refractivity contribution in [2.24, 2.45) is 5.92 Å². The molecule has 0 aliphatic rings. The number of carboxylic acid groups (broad SMARTS) is 1. The number of nitrogens with one attached hydrogen (secondary N) is 1. The second-order valence-corrected chi connectivity index (χ2v) is 5.04. The van der Waals surface area contributed by atoms with Gasteiger partial charge >= 0.3 is 12.0 Å². The summed E-state index contributed by atoms with van der Waals surface area (Å²) >= 11 is 5.93. The molecule has 0 fully saturated rings. The van der Waals surface area contributed by atoms with E-state index in [0.717, 1.165) is 0 Å². The zero-order valence-corrected chi connectivity index (χ0v) is 12.8. The molecule has 0 saturated heterocycles. The number of para-hydroxylation sites is 1. The van der Waals surface area contributed by atoms with E-state index < -0.39 is 11.9 Å². The maximum atomic E-state index is 11.7. The van der Waals surface area contributed by atoms with Crippen LogP contribution in [0.3, 0.4) is 0 Å². The monoisotopic (exact) mass is 314 g/mol. The van der Waals surface area contributed by atoms with Gasteiger partial charge in [0.05, 0.1) is 17.5 Å². The van der Waals surface area contributed by atoms with Crippen molar-refractivity contribution in [1.29, 1.82) is 0 Å². The first-order chi connectivity index (χ1) is 9.91. The Bertz CT molecular complexity index is 496. The molecule has 2 N–H and O–H groups in total. The highest BCUT2D eigenvalue weighted by Crippen LogP contribution is 2.22. The largest absolute Gasteiger partial charge is 0.490 e. The zero-order valence-electron chi connectivity index (χ0n) is 12.0. The van der Waals surface area contributed by atoms with Gasteiger partial charge < -0.3 is 20.1 Å². The summed E-state index contributed by atoms with van der Waals surface area (Å²) in [5.74, 6) is -0.988. The van der Waals surface area contributed by atoms with Crippen LogP contribution in [0.15, 0.2) is 24.3 Å². The molecule has 0 radical (unpaired) electrons. The van der Waals surface area contributed by atoms with Crippen LogP contribution >= 0.6 is 11.6 Å². The number of urea groups is 1. The summed E-state index contributed by atoms with van der Waals surface area (Å²) in [6.45, 7) is 2.27. The lowest BCUT2D eigenvalue weighted by Gasteiger charge is -2.20. The molecule has 21 heavy (non-hydrogen) atoms. The van der Waals surface area contributed by atoms with E-state index in [1.165, 1.54) is 4.90 Å². The van der Waals surface area contributed by atoms with Gasteiger partial charge in [0.25, 0.3) is 0 Å². The van der Waals surface area contributed by atoms with E-state index in [-0.39, 0.29) is 19.2 Å². The number of nitrogens with zero attached hydrogens (tertiary/aromatic N) is 1. The quantitative estimate of drug-likeness (QED) is 0.755. The lowest BCUT2D eigenvalue weighted by molar-refractivity contribution is -0.141. The van der Waals surface area contributed by atoms with Crippen LogP contribution in [-0.4, -0.2) is 48.8 Å². The Morgan fingerprint density at radius 3 is 2.71 bits per heavy atom. The normalized spacial score (nSPS) is 11.6. The van der Waals surface area contributed by atoms with Crippen molar-refractivity contribution in [3.05, 3.63) is 29.3 Å². The topological polar surface area (TPSA) is 78.9 Å². The molecule has 0 heterocycles. The Kier molecular flexibility index (Phi) is 6.81. The second kappa shape index (κ2) is 8.36. The predicted octanol–water partition coefficient (Wildman–Crippen LogP) is 2.08. The number of carbonyl (C=O) groups is 2. The van der Waals surface area contributed by atoms with Crippen molar-refractivity contribution in [2.45, 2.75) is 6.92 Å². The van der Waals surface area contributed by atoms with Crippen molar-refractivity contribution >= 4 is 23.6 Å². The van der Waals surface area contributed by atoms with E-state index in [2.05, 4.69) is 5.32 Å². The molecule has 0 saturated carbocycles. The van der Waals surface area contributed by atoms with Gasteiger partial charge in [-0.25, -0.2) is 4.79 Å². The maximum Gasteiger partial charge on any atom is 0.317 e. The van der Waals surface area contributed by atoms with Crippen molar-refractivity contribution in [1.82, 2.24) is 10.2 Å². The average Bonchev–Trinajstić information content (AvgIpc) is 2.44. The van der Waals surface area contributed by atoms with Gasteiger partial charge in [-0.1, -0.05) is 30.7 Å². The number of ether oxygens (including phenoxy) is 1. The number of hydrogen-bond acceptors (Lipinski definition) is 3. The summed E-state index contributed by atoms with van der Waals surface area (Å²) in [5, 5.41) is 11.9. The highest BCUT2D eigenvalue weighted by molar-refractivity contribution is 6.32. The molecule has 0 aromatic heterocycles. The van der Waals surface area contributed by atoms with E-state index >= 15 is 0 Å². The van der Waals surface area contributed by atoms with E-state index in [1.807, 2.05) is 0 Å². The Labute approximate surface area is 128 Å². The first kappa shape index (κ1) is 17.1. The van der Waals surface area contributed by atoms with Gasteiger partial charge in [0, 0.05) is 13.6 Å². The van der Waals surface area contributed by atoms with Crippen LogP contribution in [0, 0.1) is 5.92 Å². The number of carbonyl (C=O) groups excluding carboxylic acids is 1. The molecule has 0 spiro atoms. The summed E-state index contributed by atoms with van der Waals surface area (Å²) in [4.78, 5) is 23.8. The summed E-state index contributed by atoms with van der Waals surface area (Å²) < 4.78 is 5.43. The second-order valence-electron chi connectivity index (χ2n) is 4.63. The molecular weight excluding hydrogens is 296 g/mol. The third-order valence-electron chi connectivity index (χ3n) is 2.79. The number of halogens is 1. The lowest BCUT2D eigenvalue weighted by atomic mass is 10.2. The van der Waals surface area contributed by atoms with E-state index in [9.17, 15) is 9.59 Å². The molecule has 0 aliphatic heterocycles. The standard InChI is InChI=1S/C14H19ClN2O4/c1-10(13(18)19)9-17(2)14(20)16-7-8-21-12-6-4-3-5-11(12)15/h3-6,10H,7-9H2,1-2H3,(H,16,20)(H,18,19). The SMILES string of the molecule is CC(CN(C)C(=O)NCCOc1ccccc1Cl)C(=O)O. The van der Waals surface area contributed by atoms with Crippen LogP contribution in [-0.2, 0) is 4.79 Å². The van der Waals surface area contributed by atoms with Gasteiger partial charge in [0.15, 0.2) is 0 Å². The molecule has 1 aromatic rings. The predicted molar refractivity (Wildman–Crippen MR) is 79.8 cm³/mol. The fourth-order valence-electron chi connectivity index (χ4n) is 1.59. The van der Waals surface area contributed by atoms with Gasteiger partial charge in [-0.3, -0.25) is 4.79 Å². The molecule has 1 atom stereocenters. The molecule has 1 unspecified atom stereocenters. The molecule has 0 aliphatic carbocycles. The van der Waals surface area contributed by atoms with Gasteiger partial charge in [-0.15, -0.1) is 0 Å². The molecule has 116 valence electrons. The van der Waals surface area contributed by atoms with Crippen LogP contribution in [0.2, 0.25) is 5.02 Å². The van der Waals surface area contributed by atoms with Crippen molar-refractivity contribution < 1.29 is 19.4 Å². The maximum absolute atomic E-state index is 11.7. The summed E-state index contributed by atoms with van der Waals surface area (Å²) in [6, 6.07) is 6.73. The number of carboxylic acids is 1. The molecule has 2 amide bonds. The fourth-order valence-corrected chi connectivity index (χ4v) is 1.78. The van der Waals surface area contributed by atoms with Crippen LogP contribution in [0.5, 0.6) is 5.75 Å². The average molecular weight is 315 g/mol. The Balaban J connectivity index is 2.27. The smallest absolute Gasteiger partial charge is 0.317 e. The Morgan fingerprint density at radius 1 is 1.43 bits per heavy atom. The first-order valence-corrected chi connectivity index (χ1v) is 6.88. The van der Waals surface area contributed by atoms with Crippen LogP contribution in [0.1, 0.15) is 6.92 Å². The minimum atomic E-state index is -0.934. The van der Waals surface area contributed by atoms with E-state index in [0.29, 0.717) is 17.3 Å².